The Kier molecular flexibility index (Phi) is 11.0. The van der Waals surface area contributed by atoms with Crippen molar-refractivity contribution in [1.82, 2.24) is 4.90 Å². The Balaban J connectivity index is 4.23. The second-order valence-electron chi connectivity index (χ2n) is 4.94. The molecule has 0 saturated heterocycles. The van der Waals surface area contributed by atoms with Gasteiger partial charge < -0.3 is 14.6 Å². The molecule has 126 valence electrons. The van der Waals surface area contributed by atoms with E-state index in [9.17, 15) is 14.7 Å². The number of aliphatic hydroxyl groups excluding tert-OH is 1. The Morgan fingerprint density at radius 3 is 2.32 bits per heavy atom. The van der Waals surface area contributed by atoms with Crippen LogP contribution in [-0.4, -0.2) is 60.9 Å². The van der Waals surface area contributed by atoms with Gasteiger partial charge in [-0.1, -0.05) is 25.7 Å². The molecule has 0 aromatic heterocycles. The van der Waals surface area contributed by atoms with Gasteiger partial charge in [0, 0.05) is 32.1 Å². The highest BCUT2D eigenvalue weighted by Gasteiger charge is 2.11. The number of ether oxygens (including phenoxy) is 2. The van der Waals surface area contributed by atoms with Crippen LogP contribution in [-0.2, 0) is 19.1 Å². The Morgan fingerprint density at radius 2 is 1.82 bits per heavy atom. The lowest BCUT2D eigenvalue weighted by molar-refractivity contribution is -0.143. The highest BCUT2D eigenvalue weighted by molar-refractivity contribution is 5.81. The van der Waals surface area contributed by atoms with E-state index in [1.165, 1.54) is 0 Å². The van der Waals surface area contributed by atoms with Crippen molar-refractivity contribution in [2.45, 2.75) is 32.8 Å². The molecule has 0 rings (SSSR count). The van der Waals surface area contributed by atoms with Crippen LogP contribution in [0, 0.1) is 0 Å². The van der Waals surface area contributed by atoms with Gasteiger partial charge in [0.25, 0.3) is 0 Å². The minimum absolute atomic E-state index is 0.218. The van der Waals surface area contributed by atoms with E-state index in [0.717, 1.165) is 6.08 Å². The van der Waals surface area contributed by atoms with Gasteiger partial charge in [-0.05, 0) is 13.3 Å². The number of carbonyl (C=O) groups excluding carboxylic acids is 2. The summed E-state index contributed by atoms with van der Waals surface area (Å²) >= 11 is 0. The molecule has 0 heterocycles. The Hall–Kier alpha value is -1.66. The van der Waals surface area contributed by atoms with Crippen molar-refractivity contribution in [3.8, 4) is 0 Å². The number of carbonyl (C=O) groups is 2. The molecule has 22 heavy (non-hydrogen) atoms. The number of hydrogen-bond acceptors (Lipinski definition) is 6. The minimum atomic E-state index is -0.573. The Labute approximate surface area is 132 Å². The molecule has 6 heteroatoms. The van der Waals surface area contributed by atoms with Gasteiger partial charge in [-0.3, -0.25) is 9.69 Å². The standard InChI is InChI=1S/C16H27NO5/c1-5-15(19)21-11-9-17(8-7-14(18)13(3)4)10-12-22-16(20)6-2/h5,14,18H,1,3,6-12H2,2,4H3. The number of hydrogen-bond donors (Lipinski definition) is 1. The fourth-order valence-electron chi connectivity index (χ4n) is 1.61. The highest BCUT2D eigenvalue weighted by atomic mass is 16.5. The maximum absolute atomic E-state index is 11.1. The summed E-state index contributed by atoms with van der Waals surface area (Å²) in [5, 5.41) is 9.77. The van der Waals surface area contributed by atoms with E-state index < -0.39 is 12.1 Å². The normalized spacial score (nSPS) is 11.8. The lowest BCUT2D eigenvalue weighted by Crippen LogP contribution is -2.34. The summed E-state index contributed by atoms with van der Waals surface area (Å²) in [5.74, 6) is -0.723. The first kappa shape index (κ1) is 20.3. The van der Waals surface area contributed by atoms with Gasteiger partial charge >= 0.3 is 11.9 Å². The average Bonchev–Trinajstić information content (AvgIpc) is 2.50. The molecule has 0 radical (unpaired) electrons. The van der Waals surface area contributed by atoms with E-state index in [1.807, 2.05) is 4.90 Å². The van der Waals surface area contributed by atoms with Crippen LogP contribution in [0.3, 0.4) is 0 Å². The molecule has 0 aliphatic carbocycles. The largest absolute Gasteiger partial charge is 0.464 e. The zero-order valence-electron chi connectivity index (χ0n) is 13.5. The predicted molar refractivity (Wildman–Crippen MR) is 84.3 cm³/mol. The molecule has 0 amide bonds. The monoisotopic (exact) mass is 313 g/mol. The molecule has 0 bridgehead atoms. The SMILES string of the molecule is C=CC(=O)OCCN(CCOC(=O)CC)CCC(O)C(=C)C. The molecule has 0 saturated carbocycles. The van der Waals surface area contributed by atoms with E-state index in [0.29, 0.717) is 38.0 Å². The van der Waals surface area contributed by atoms with Gasteiger partial charge in [-0.15, -0.1) is 0 Å². The third-order valence-electron chi connectivity index (χ3n) is 3.07. The van der Waals surface area contributed by atoms with Crippen molar-refractivity contribution >= 4 is 11.9 Å². The number of rotatable bonds is 12. The molecule has 1 atom stereocenters. The van der Waals surface area contributed by atoms with Crippen molar-refractivity contribution < 1.29 is 24.2 Å². The van der Waals surface area contributed by atoms with E-state index in [4.69, 9.17) is 9.47 Å². The molecule has 6 nitrogen and oxygen atoms in total. The maximum Gasteiger partial charge on any atom is 0.330 e. The summed E-state index contributed by atoms with van der Waals surface area (Å²) in [7, 11) is 0. The van der Waals surface area contributed by atoms with Gasteiger partial charge in [-0.2, -0.15) is 0 Å². The molecular weight excluding hydrogens is 286 g/mol. The van der Waals surface area contributed by atoms with Crippen LogP contribution in [0.25, 0.3) is 0 Å². The molecule has 0 fully saturated rings. The Bertz CT molecular complexity index is 381. The van der Waals surface area contributed by atoms with Crippen LogP contribution in [0.4, 0.5) is 0 Å². The summed E-state index contributed by atoms with van der Waals surface area (Å²) in [6.45, 7) is 12.6. The first-order valence-corrected chi connectivity index (χ1v) is 7.41. The molecule has 0 spiro atoms. The fraction of sp³-hybridized carbons (Fsp3) is 0.625. The zero-order valence-corrected chi connectivity index (χ0v) is 13.5. The molecule has 0 aromatic carbocycles. The molecule has 1 N–H and O–H groups in total. The van der Waals surface area contributed by atoms with Crippen LogP contribution in [0.1, 0.15) is 26.7 Å². The van der Waals surface area contributed by atoms with Gasteiger partial charge in [0.15, 0.2) is 0 Å². The van der Waals surface area contributed by atoms with E-state index in [2.05, 4.69) is 13.2 Å². The lowest BCUT2D eigenvalue weighted by atomic mass is 10.1. The highest BCUT2D eigenvalue weighted by Crippen LogP contribution is 2.04. The van der Waals surface area contributed by atoms with E-state index in [1.54, 1.807) is 13.8 Å². The summed E-state index contributed by atoms with van der Waals surface area (Å²) in [4.78, 5) is 24.1. The van der Waals surface area contributed by atoms with Crippen LogP contribution < -0.4 is 0 Å². The van der Waals surface area contributed by atoms with E-state index >= 15 is 0 Å². The molecular formula is C16H27NO5. The van der Waals surface area contributed by atoms with Crippen LogP contribution in [0.15, 0.2) is 24.8 Å². The van der Waals surface area contributed by atoms with Gasteiger partial charge in [0.2, 0.25) is 0 Å². The third kappa shape index (κ3) is 10.1. The summed E-state index contributed by atoms with van der Waals surface area (Å²) in [6.07, 6.45) is 1.40. The number of nitrogens with zero attached hydrogens (tertiary/aromatic N) is 1. The zero-order chi connectivity index (χ0) is 17.0. The number of esters is 2. The van der Waals surface area contributed by atoms with Crippen molar-refractivity contribution in [1.29, 1.82) is 0 Å². The molecule has 0 aliphatic heterocycles. The van der Waals surface area contributed by atoms with Gasteiger partial charge in [0.05, 0.1) is 6.10 Å². The van der Waals surface area contributed by atoms with Gasteiger partial charge in [0.1, 0.15) is 13.2 Å². The van der Waals surface area contributed by atoms with Crippen LogP contribution >= 0.6 is 0 Å². The van der Waals surface area contributed by atoms with Crippen molar-refractivity contribution in [2.75, 3.05) is 32.8 Å². The van der Waals surface area contributed by atoms with Crippen molar-refractivity contribution in [3.63, 3.8) is 0 Å². The fourth-order valence-corrected chi connectivity index (χ4v) is 1.61. The summed E-state index contributed by atoms with van der Waals surface area (Å²) in [6, 6.07) is 0. The maximum atomic E-state index is 11.1. The topological polar surface area (TPSA) is 76.1 Å². The summed E-state index contributed by atoms with van der Waals surface area (Å²) < 4.78 is 9.98. The van der Waals surface area contributed by atoms with Crippen LogP contribution in [0.2, 0.25) is 0 Å². The second-order valence-corrected chi connectivity index (χ2v) is 4.94. The third-order valence-corrected chi connectivity index (χ3v) is 3.07. The molecule has 0 aromatic rings. The van der Waals surface area contributed by atoms with Crippen LogP contribution in [0.5, 0.6) is 0 Å². The molecule has 1 unspecified atom stereocenters. The average molecular weight is 313 g/mol. The second kappa shape index (κ2) is 11.9. The van der Waals surface area contributed by atoms with Crippen molar-refractivity contribution in [2.24, 2.45) is 0 Å². The summed E-state index contributed by atoms with van der Waals surface area (Å²) in [5.41, 5.74) is 0.704. The first-order chi connectivity index (χ1) is 10.4. The first-order valence-electron chi connectivity index (χ1n) is 7.41. The predicted octanol–water partition coefficient (Wildman–Crippen LogP) is 1.30. The number of aliphatic hydroxyl groups is 1. The van der Waals surface area contributed by atoms with Crippen molar-refractivity contribution in [3.05, 3.63) is 24.8 Å². The van der Waals surface area contributed by atoms with E-state index in [-0.39, 0.29) is 19.2 Å². The Morgan fingerprint density at radius 1 is 1.23 bits per heavy atom. The smallest absolute Gasteiger partial charge is 0.330 e. The molecule has 0 aliphatic rings. The minimum Gasteiger partial charge on any atom is -0.464 e. The lowest BCUT2D eigenvalue weighted by Gasteiger charge is -2.23. The van der Waals surface area contributed by atoms with Gasteiger partial charge in [-0.25, -0.2) is 4.79 Å². The quantitative estimate of drug-likeness (QED) is 0.332.